The fourth-order valence-corrected chi connectivity index (χ4v) is 5.16. The Hall–Kier alpha value is -3.26. The van der Waals surface area contributed by atoms with Gasteiger partial charge in [0.25, 0.3) is 0 Å². The second kappa shape index (κ2) is 21.7. The Bertz CT molecular complexity index is 1060. The van der Waals surface area contributed by atoms with Gasteiger partial charge in [-0.15, -0.1) is 0 Å². The van der Waals surface area contributed by atoms with Gasteiger partial charge in [-0.05, 0) is 49.4 Å². The van der Waals surface area contributed by atoms with Gasteiger partial charge in [0.05, 0.1) is 37.1 Å². The van der Waals surface area contributed by atoms with Gasteiger partial charge >= 0.3 is 5.97 Å². The number of nitrogens with one attached hydrogen (secondary N) is 5. The van der Waals surface area contributed by atoms with Crippen LogP contribution in [0.25, 0.3) is 0 Å². The molecule has 0 spiro atoms. The van der Waals surface area contributed by atoms with E-state index in [-0.39, 0.29) is 41.9 Å². The quantitative estimate of drug-likeness (QED) is 0.0825. The van der Waals surface area contributed by atoms with Gasteiger partial charge in [0, 0.05) is 6.42 Å². The monoisotopic (exact) mass is 685 g/mol. The zero-order valence-corrected chi connectivity index (χ0v) is 30.8. The lowest BCUT2D eigenvalue weighted by molar-refractivity contribution is -0.140. The van der Waals surface area contributed by atoms with Crippen molar-refractivity contribution in [3.63, 3.8) is 0 Å². The van der Waals surface area contributed by atoms with Gasteiger partial charge in [0.1, 0.15) is 18.1 Å². The van der Waals surface area contributed by atoms with E-state index >= 15 is 0 Å². The molecule has 8 N–H and O–H groups in total. The molecule has 0 saturated heterocycles. The zero-order valence-electron chi connectivity index (χ0n) is 30.8. The lowest BCUT2D eigenvalue weighted by Crippen LogP contribution is -2.59. The van der Waals surface area contributed by atoms with Crippen molar-refractivity contribution in [3.05, 3.63) is 0 Å². The van der Waals surface area contributed by atoms with E-state index in [4.69, 9.17) is 5.11 Å². The van der Waals surface area contributed by atoms with Crippen molar-refractivity contribution >= 4 is 35.5 Å². The minimum absolute atomic E-state index is 0.0152. The number of carbonyl (C=O) groups is 6. The maximum Gasteiger partial charge on any atom is 0.306 e. The molecule has 7 atom stereocenters. The number of hydrogen-bond acceptors (Lipinski definition) is 8. The predicted molar refractivity (Wildman–Crippen MR) is 182 cm³/mol. The van der Waals surface area contributed by atoms with Crippen LogP contribution in [0.5, 0.6) is 0 Å². The number of aliphatic hydroxyl groups excluding tert-OH is 2. The van der Waals surface area contributed by atoms with Crippen LogP contribution in [0.4, 0.5) is 0 Å². The number of rotatable bonds is 22. The third kappa shape index (κ3) is 17.8. The highest BCUT2D eigenvalue weighted by Gasteiger charge is 2.34. The van der Waals surface area contributed by atoms with Gasteiger partial charge in [0.15, 0.2) is 0 Å². The Kier molecular flexibility index (Phi) is 20.2. The second-order valence-corrected chi connectivity index (χ2v) is 14.8. The summed E-state index contributed by atoms with van der Waals surface area (Å²) in [5, 5.41) is 43.9. The van der Waals surface area contributed by atoms with Crippen molar-refractivity contribution in [1.29, 1.82) is 0 Å². The van der Waals surface area contributed by atoms with Crippen LogP contribution in [0.15, 0.2) is 0 Å². The molecule has 0 aromatic heterocycles. The summed E-state index contributed by atoms with van der Waals surface area (Å²) in [6.45, 7) is 19.8. The van der Waals surface area contributed by atoms with Gasteiger partial charge in [-0.3, -0.25) is 28.8 Å². The van der Waals surface area contributed by atoms with Gasteiger partial charge in [-0.2, -0.15) is 0 Å². The lowest BCUT2D eigenvalue weighted by Gasteiger charge is -2.31. The van der Waals surface area contributed by atoms with Crippen LogP contribution in [0.2, 0.25) is 0 Å². The van der Waals surface area contributed by atoms with E-state index in [0.717, 1.165) is 0 Å². The minimum Gasteiger partial charge on any atom is -0.481 e. The van der Waals surface area contributed by atoms with E-state index in [0.29, 0.717) is 12.8 Å². The first-order valence-electron chi connectivity index (χ1n) is 17.1. The van der Waals surface area contributed by atoms with Crippen LogP contribution in [0.3, 0.4) is 0 Å². The summed E-state index contributed by atoms with van der Waals surface area (Å²) in [5.74, 6) is -4.25. The highest BCUT2D eigenvalue weighted by atomic mass is 16.4. The molecule has 0 aliphatic rings. The molecule has 0 aliphatic heterocycles. The first-order valence-corrected chi connectivity index (χ1v) is 17.1. The molecule has 0 aromatic rings. The van der Waals surface area contributed by atoms with E-state index in [9.17, 15) is 39.0 Å². The van der Waals surface area contributed by atoms with Crippen molar-refractivity contribution in [2.24, 2.45) is 29.6 Å². The molecule has 48 heavy (non-hydrogen) atoms. The Morgan fingerprint density at radius 2 is 0.875 bits per heavy atom. The molecule has 0 saturated carbocycles. The summed E-state index contributed by atoms with van der Waals surface area (Å²) in [4.78, 5) is 75.9. The van der Waals surface area contributed by atoms with E-state index in [1.165, 1.54) is 6.92 Å². The standard InChI is InChI=1S/C34H63N5O9/c1-17(2)12-23(37-33(47)31(21(9)10)39-34(48)30(20(7)8)38-27(42)14-19(5)6)25(40)15-28(43)35-22(11)32(46)36-24(13-18(3)4)26(41)16-29(44)45/h17-26,30-31,40-41H,12-16H2,1-11H3,(H,35,43)(H,36,46)(H,37,47)(H,38,42)(H,39,48)(H,44,45)/t22?,23?,24?,25?,26?,30-,31-/m0/s1. The summed E-state index contributed by atoms with van der Waals surface area (Å²) in [6.07, 6.45) is -2.76. The molecule has 0 aromatic carbocycles. The van der Waals surface area contributed by atoms with E-state index in [1.54, 1.807) is 27.7 Å². The van der Waals surface area contributed by atoms with Crippen LogP contribution in [-0.2, 0) is 28.8 Å². The Morgan fingerprint density at radius 3 is 1.29 bits per heavy atom. The molecule has 0 heterocycles. The molecule has 14 heteroatoms. The van der Waals surface area contributed by atoms with Gasteiger partial charge < -0.3 is 41.9 Å². The van der Waals surface area contributed by atoms with Crippen LogP contribution >= 0.6 is 0 Å². The summed E-state index contributed by atoms with van der Waals surface area (Å²) in [5.41, 5.74) is 0. The molecular weight excluding hydrogens is 622 g/mol. The fraction of sp³-hybridized carbons (Fsp3) is 0.824. The van der Waals surface area contributed by atoms with Crippen LogP contribution < -0.4 is 26.6 Å². The number of carboxylic acids is 1. The molecule has 278 valence electrons. The number of aliphatic hydroxyl groups is 2. The maximum atomic E-state index is 13.5. The Labute approximate surface area is 286 Å². The van der Waals surface area contributed by atoms with Gasteiger partial charge in [-0.25, -0.2) is 0 Å². The van der Waals surface area contributed by atoms with Crippen LogP contribution in [0.1, 0.15) is 108 Å². The number of hydrogen-bond donors (Lipinski definition) is 8. The zero-order chi connectivity index (χ0) is 37.5. The normalized spacial score (nSPS) is 16.1. The van der Waals surface area contributed by atoms with Crippen molar-refractivity contribution in [3.8, 4) is 0 Å². The first-order chi connectivity index (χ1) is 22.0. The van der Waals surface area contributed by atoms with Gasteiger partial charge in [0.2, 0.25) is 29.5 Å². The summed E-state index contributed by atoms with van der Waals surface area (Å²) < 4.78 is 0. The fourth-order valence-electron chi connectivity index (χ4n) is 5.16. The van der Waals surface area contributed by atoms with Crippen LogP contribution in [-0.4, -0.2) is 93.2 Å². The number of aliphatic carboxylic acids is 1. The van der Waals surface area contributed by atoms with Gasteiger partial charge in [-0.1, -0.05) is 69.2 Å². The minimum atomic E-state index is -1.33. The van der Waals surface area contributed by atoms with Crippen molar-refractivity contribution in [2.45, 2.75) is 151 Å². The molecule has 5 amide bonds. The lowest BCUT2D eigenvalue weighted by atomic mass is 9.95. The summed E-state index contributed by atoms with van der Waals surface area (Å²) in [7, 11) is 0. The van der Waals surface area contributed by atoms with Crippen LogP contribution in [0, 0.1) is 29.6 Å². The van der Waals surface area contributed by atoms with Crippen molar-refractivity contribution in [1.82, 2.24) is 26.6 Å². The topological polar surface area (TPSA) is 223 Å². The molecule has 0 aliphatic carbocycles. The third-order valence-corrected chi connectivity index (χ3v) is 7.69. The Balaban J connectivity index is 5.60. The largest absolute Gasteiger partial charge is 0.481 e. The number of carbonyl (C=O) groups excluding carboxylic acids is 5. The first kappa shape index (κ1) is 44.7. The molecule has 14 nitrogen and oxygen atoms in total. The molecule has 0 radical (unpaired) electrons. The van der Waals surface area contributed by atoms with Crippen molar-refractivity contribution < 1.29 is 44.1 Å². The third-order valence-electron chi connectivity index (χ3n) is 7.69. The highest BCUT2D eigenvalue weighted by molar-refractivity contribution is 5.92. The summed E-state index contributed by atoms with van der Waals surface area (Å²) >= 11 is 0. The molecule has 5 unspecified atom stereocenters. The maximum absolute atomic E-state index is 13.5. The molecular formula is C34H63N5O9. The van der Waals surface area contributed by atoms with E-state index in [2.05, 4.69) is 26.6 Å². The molecule has 0 bridgehead atoms. The van der Waals surface area contributed by atoms with Crippen molar-refractivity contribution in [2.75, 3.05) is 0 Å². The average Bonchev–Trinajstić information content (AvgIpc) is 2.91. The average molecular weight is 686 g/mol. The smallest absolute Gasteiger partial charge is 0.306 e. The SMILES string of the molecule is CC(C)CC(=O)N[C@H](C(=O)N[C@H](C(=O)NC(CC(C)C)C(O)CC(=O)NC(C)C(=O)NC(CC(C)C)C(O)CC(=O)O)C(C)C)C(C)C. The van der Waals surface area contributed by atoms with E-state index in [1.807, 2.05) is 41.5 Å². The molecule has 0 rings (SSSR count). The van der Waals surface area contributed by atoms with E-state index < -0.39 is 84.9 Å². The highest BCUT2D eigenvalue weighted by Crippen LogP contribution is 2.15. The second-order valence-electron chi connectivity index (χ2n) is 14.8. The Morgan fingerprint density at radius 1 is 0.479 bits per heavy atom. The molecule has 0 fully saturated rings. The number of amides is 5. The predicted octanol–water partition coefficient (Wildman–Crippen LogP) is 1.47. The number of carboxylic acid groups (broad SMARTS) is 1. The summed E-state index contributed by atoms with van der Waals surface area (Å²) in [6, 6.07) is -4.61.